The summed E-state index contributed by atoms with van der Waals surface area (Å²) in [7, 11) is 1.00. The zero-order valence-corrected chi connectivity index (χ0v) is 11.7. The van der Waals surface area contributed by atoms with E-state index < -0.39 is 5.17 Å². The molecule has 0 aromatic heterocycles. The van der Waals surface area contributed by atoms with E-state index in [1.807, 2.05) is 13.8 Å². The van der Waals surface area contributed by atoms with Crippen molar-refractivity contribution in [2.45, 2.75) is 13.8 Å². The van der Waals surface area contributed by atoms with Crippen molar-refractivity contribution in [3.8, 4) is 0 Å². The van der Waals surface area contributed by atoms with Crippen molar-refractivity contribution >= 4 is 64.3 Å². The van der Waals surface area contributed by atoms with E-state index in [0.717, 1.165) is 20.2 Å². The summed E-state index contributed by atoms with van der Waals surface area (Å²) in [4.78, 5) is 1.70. The van der Waals surface area contributed by atoms with E-state index in [2.05, 4.69) is 30.2 Å². The van der Waals surface area contributed by atoms with Crippen LogP contribution < -0.4 is 5.73 Å². The molecule has 0 bridgehead atoms. The van der Waals surface area contributed by atoms with E-state index in [0.29, 0.717) is 0 Å². The van der Waals surface area contributed by atoms with E-state index in [1.54, 1.807) is 4.90 Å². The van der Waals surface area contributed by atoms with Crippen molar-refractivity contribution in [1.29, 1.82) is 0 Å². The van der Waals surface area contributed by atoms with Gasteiger partial charge in [0.2, 0.25) is 0 Å². The van der Waals surface area contributed by atoms with Crippen LogP contribution in [0.5, 0.6) is 0 Å². The van der Waals surface area contributed by atoms with Crippen LogP contribution >= 0.6 is 24.4 Å². The summed E-state index contributed by atoms with van der Waals surface area (Å²) in [6.45, 7) is 5.47. The van der Waals surface area contributed by atoms with Crippen molar-refractivity contribution in [3.63, 3.8) is 0 Å². The Labute approximate surface area is 140 Å². The predicted octanol–water partition coefficient (Wildman–Crippen LogP) is -2.55. The Balaban J connectivity index is -0.0000000215. The molecule has 8 nitrogen and oxygen atoms in total. The molecule has 0 fully saturated rings. The first kappa shape index (κ1) is 42.9. The molecule has 0 atom stereocenters. The molecular weight excluding hydrogens is 295 g/mol. The van der Waals surface area contributed by atoms with E-state index >= 15 is 0 Å². The quantitative estimate of drug-likeness (QED) is 0.318. The Kier molecular flexibility index (Phi) is 85.8. The summed E-state index contributed by atoms with van der Waals surface area (Å²) >= 11 is 8.37. The second-order valence-corrected chi connectivity index (χ2v) is 2.58. The van der Waals surface area contributed by atoms with Gasteiger partial charge in [-0.2, -0.15) is 0 Å². The fraction of sp³-hybridized carbons (Fsp3) is 0.714. The predicted molar refractivity (Wildman–Crippen MR) is 83.7 cm³/mol. The molecule has 112 valence electrons. The molecule has 18 heavy (non-hydrogen) atoms. The third-order valence-electron chi connectivity index (χ3n) is 1.03. The number of aliphatic hydroxyl groups is 3. The number of hydrogen-bond donors (Lipinski definition) is 4. The molecule has 11 N–H and O–H groups in total. The Morgan fingerprint density at radius 3 is 1.17 bits per heavy atom. The standard InChI is InChI=1S/C5H11NOS.CH3NOS.CH4O.Na.3H2O.H/c1-3-6(4-2)5(7)8;2-1(3)4;1-2;;;;;/h3-4H2,1-2H3,(H,7,8);(H3,2,3,4);2H,1H3;;3*1H2;. The van der Waals surface area contributed by atoms with Gasteiger partial charge in [-0.15, -0.1) is 0 Å². The fourth-order valence-corrected chi connectivity index (χ4v) is 0.752. The third kappa shape index (κ3) is 55.6. The van der Waals surface area contributed by atoms with Gasteiger partial charge in [0.05, 0.1) is 0 Å². The molecule has 11 heteroatoms. The van der Waals surface area contributed by atoms with Crippen LogP contribution in [0.1, 0.15) is 13.8 Å². The number of rotatable bonds is 2. The zero-order chi connectivity index (χ0) is 12.1. The van der Waals surface area contributed by atoms with E-state index in [1.165, 1.54) is 0 Å². The van der Waals surface area contributed by atoms with Crippen LogP contribution in [-0.2, 0) is 0 Å². The van der Waals surface area contributed by atoms with E-state index in [-0.39, 0.29) is 51.2 Å². The molecule has 0 aliphatic carbocycles. The fourth-order valence-electron chi connectivity index (χ4n) is 0.494. The summed E-state index contributed by atoms with van der Waals surface area (Å²) in [6, 6.07) is 0. The number of thiocarbonyl (C=S) groups is 2. The van der Waals surface area contributed by atoms with Gasteiger partial charge in [0, 0.05) is 20.2 Å². The summed E-state index contributed by atoms with van der Waals surface area (Å²) in [5, 5.41) is 22.7. The summed E-state index contributed by atoms with van der Waals surface area (Å²) in [5.74, 6) is 0. The first-order chi connectivity index (χ1) is 6.45. The Morgan fingerprint density at radius 2 is 1.17 bits per heavy atom. The summed E-state index contributed by atoms with van der Waals surface area (Å²) in [5.41, 5.74) is 4.40. The van der Waals surface area contributed by atoms with Crippen LogP contribution in [0.25, 0.3) is 0 Å². The number of hydrogen-bond acceptors (Lipinski definition) is 3. The van der Waals surface area contributed by atoms with Gasteiger partial charge in [-0.3, -0.25) is 0 Å². The number of nitrogens with zero attached hydrogens (tertiary/aromatic N) is 1. The van der Waals surface area contributed by atoms with Gasteiger partial charge >= 0.3 is 29.6 Å². The normalized spacial score (nSPS) is 5.56. The van der Waals surface area contributed by atoms with Crippen LogP contribution in [0.3, 0.4) is 0 Å². The monoisotopic (exact) mass is 320 g/mol. The Hall–Kier alpha value is 0.220. The van der Waals surface area contributed by atoms with Crippen molar-refractivity contribution in [3.05, 3.63) is 0 Å². The van der Waals surface area contributed by atoms with Crippen molar-refractivity contribution in [2.75, 3.05) is 20.2 Å². The molecule has 0 aliphatic heterocycles. The minimum atomic E-state index is -0.500. The molecule has 0 aromatic carbocycles. The molecular formula is C7H25N2NaO6S2. The van der Waals surface area contributed by atoms with Crippen molar-refractivity contribution in [1.82, 2.24) is 4.90 Å². The van der Waals surface area contributed by atoms with Gasteiger partial charge < -0.3 is 42.4 Å². The SMILES string of the molecule is CCN(CC)C(O)=S.CO.NC(O)=S.O.O.O.[NaH]. The first-order valence-electron chi connectivity index (χ1n) is 3.86. The van der Waals surface area contributed by atoms with Crippen molar-refractivity contribution in [2.24, 2.45) is 5.73 Å². The Bertz CT molecular complexity index is 159. The summed E-state index contributed by atoms with van der Waals surface area (Å²) in [6.07, 6.45) is 0. The second-order valence-electron chi connectivity index (χ2n) is 1.79. The number of nitrogens with two attached hydrogens (primary N) is 1. The van der Waals surface area contributed by atoms with Crippen LogP contribution in [0.2, 0.25) is 0 Å². The van der Waals surface area contributed by atoms with Crippen LogP contribution in [0.4, 0.5) is 0 Å². The average molecular weight is 320 g/mol. The molecule has 0 radical (unpaired) electrons. The van der Waals surface area contributed by atoms with Gasteiger partial charge in [-0.25, -0.2) is 0 Å². The second kappa shape index (κ2) is 36.0. The molecule has 0 spiro atoms. The zero-order valence-electron chi connectivity index (χ0n) is 10.1. The van der Waals surface area contributed by atoms with Crippen LogP contribution in [0, 0.1) is 0 Å². The Morgan fingerprint density at radius 1 is 1.00 bits per heavy atom. The molecule has 0 unspecified atom stereocenters. The maximum absolute atomic E-state index is 8.67. The molecule has 0 aromatic rings. The van der Waals surface area contributed by atoms with Crippen molar-refractivity contribution < 1.29 is 31.7 Å². The summed E-state index contributed by atoms with van der Waals surface area (Å²) < 4.78 is 0. The number of aliphatic hydroxyl groups excluding tert-OH is 3. The minimum absolute atomic E-state index is 0. The van der Waals surface area contributed by atoms with Gasteiger partial charge in [-0.1, -0.05) is 0 Å². The van der Waals surface area contributed by atoms with Gasteiger partial charge in [0.25, 0.3) is 10.3 Å². The van der Waals surface area contributed by atoms with Gasteiger partial charge in [0.1, 0.15) is 0 Å². The molecule has 0 rings (SSSR count). The van der Waals surface area contributed by atoms with Crippen LogP contribution in [0.15, 0.2) is 0 Å². The van der Waals surface area contributed by atoms with Gasteiger partial charge in [-0.05, 0) is 38.3 Å². The topological polar surface area (TPSA) is 184 Å². The average Bonchev–Trinajstić information content (AvgIpc) is 2.08. The molecule has 0 heterocycles. The molecule has 0 aliphatic rings. The third-order valence-corrected chi connectivity index (χ3v) is 1.29. The molecule has 0 saturated heterocycles. The maximum atomic E-state index is 8.67. The van der Waals surface area contributed by atoms with E-state index in [9.17, 15) is 0 Å². The first-order valence-corrected chi connectivity index (χ1v) is 4.68. The molecule has 0 amide bonds. The molecule has 0 saturated carbocycles. The van der Waals surface area contributed by atoms with E-state index in [4.69, 9.17) is 15.3 Å². The van der Waals surface area contributed by atoms with Crippen LogP contribution in [-0.4, -0.2) is 96.8 Å². The van der Waals surface area contributed by atoms with Gasteiger partial charge in [0.15, 0.2) is 0 Å².